The van der Waals surface area contributed by atoms with Crippen LogP contribution in [0.15, 0.2) is 0 Å². The molecule has 0 aliphatic heterocycles. The molecule has 120 valence electrons. The van der Waals surface area contributed by atoms with Crippen molar-refractivity contribution in [1.29, 1.82) is 0 Å². The third kappa shape index (κ3) is 4.98. The van der Waals surface area contributed by atoms with E-state index in [4.69, 9.17) is 5.11 Å². The number of rotatable bonds is 4. The van der Waals surface area contributed by atoms with Gasteiger partial charge in [-0.1, -0.05) is 20.8 Å². The first-order chi connectivity index (χ1) is 8.05. The second-order valence-electron chi connectivity index (χ2n) is 5.33. The SMILES string of the molecule is CC(C)(C)C(O)CC(O)C(F)(F)C(F)(F)C(F)(F)F.[H-].[H-].[Sr+2]. The van der Waals surface area contributed by atoms with Gasteiger partial charge in [-0.15, -0.1) is 0 Å². The Morgan fingerprint density at radius 2 is 1.20 bits per heavy atom. The normalized spacial score (nSPS) is 17.4. The molecule has 2 nitrogen and oxygen atoms in total. The Morgan fingerprint density at radius 1 is 0.850 bits per heavy atom. The van der Waals surface area contributed by atoms with Gasteiger partial charge in [0, 0.05) is 6.42 Å². The zero-order valence-electron chi connectivity index (χ0n) is 13.1. The first-order valence-electron chi connectivity index (χ1n) is 5.23. The summed E-state index contributed by atoms with van der Waals surface area (Å²) in [5.41, 5.74) is -1.05. The second kappa shape index (κ2) is 6.99. The zero-order valence-corrected chi connectivity index (χ0v) is 14.6. The molecule has 0 aromatic rings. The van der Waals surface area contributed by atoms with Gasteiger partial charge < -0.3 is 13.1 Å². The number of aliphatic hydroxyl groups is 2. The van der Waals surface area contributed by atoms with E-state index in [-0.39, 0.29) is 48.3 Å². The van der Waals surface area contributed by atoms with Gasteiger partial charge in [0.15, 0.2) is 0 Å². The van der Waals surface area contributed by atoms with Crippen molar-refractivity contribution in [2.75, 3.05) is 0 Å². The fraction of sp³-hybridized carbons (Fsp3) is 1.00. The van der Waals surface area contributed by atoms with Crippen LogP contribution in [-0.4, -0.2) is 85.9 Å². The maximum Gasteiger partial charge on any atom is 2.00 e. The first-order valence-corrected chi connectivity index (χ1v) is 5.23. The molecule has 0 amide bonds. The van der Waals surface area contributed by atoms with Crippen molar-refractivity contribution in [3.05, 3.63) is 0 Å². The molecular formula is C10H17F7O2Sr. The van der Waals surface area contributed by atoms with Gasteiger partial charge in [0.2, 0.25) is 0 Å². The number of hydrogen-bond donors (Lipinski definition) is 2. The van der Waals surface area contributed by atoms with Gasteiger partial charge in [-0.05, 0) is 5.41 Å². The van der Waals surface area contributed by atoms with Crippen LogP contribution in [-0.2, 0) is 0 Å². The molecule has 0 aliphatic carbocycles. The van der Waals surface area contributed by atoms with E-state index in [1.165, 1.54) is 20.8 Å². The monoisotopic (exact) mass is 390 g/mol. The van der Waals surface area contributed by atoms with Crippen molar-refractivity contribution in [3.63, 3.8) is 0 Å². The summed E-state index contributed by atoms with van der Waals surface area (Å²) in [4.78, 5) is 0. The van der Waals surface area contributed by atoms with Gasteiger partial charge in [-0.2, -0.15) is 30.7 Å². The van der Waals surface area contributed by atoms with Crippen molar-refractivity contribution in [1.82, 2.24) is 0 Å². The van der Waals surface area contributed by atoms with Crippen LogP contribution in [0.1, 0.15) is 30.0 Å². The van der Waals surface area contributed by atoms with E-state index >= 15 is 0 Å². The molecule has 20 heavy (non-hydrogen) atoms. The molecule has 2 unspecified atom stereocenters. The molecule has 0 saturated carbocycles. The van der Waals surface area contributed by atoms with Gasteiger partial charge >= 0.3 is 63.5 Å². The van der Waals surface area contributed by atoms with Crippen molar-refractivity contribution in [2.45, 2.75) is 57.4 Å². The number of halogens is 7. The Kier molecular flexibility index (Phi) is 8.10. The summed E-state index contributed by atoms with van der Waals surface area (Å²) < 4.78 is 86.8. The van der Waals surface area contributed by atoms with E-state index in [2.05, 4.69) is 0 Å². The van der Waals surface area contributed by atoms with E-state index in [1.807, 2.05) is 0 Å². The first kappa shape index (κ1) is 23.2. The van der Waals surface area contributed by atoms with Crippen molar-refractivity contribution in [3.8, 4) is 0 Å². The molecule has 0 radical (unpaired) electrons. The summed E-state index contributed by atoms with van der Waals surface area (Å²) in [6, 6.07) is 0. The average molecular weight is 390 g/mol. The summed E-state index contributed by atoms with van der Waals surface area (Å²) in [7, 11) is 0. The Hall–Kier alpha value is 0.911. The van der Waals surface area contributed by atoms with E-state index < -0.39 is 42.1 Å². The maximum atomic E-state index is 13.0. The van der Waals surface area contributed by atoms with Crippen molar-refractivity contribution in [2.24, 2.45) is 5.41 Å². The Morgan fingerprint density at radius 3 is 1.45 bits per heavy atom. The fourth-order valence-corrected chi connectivity index (χ4v) is 1.11. The minimum atomic E-state index is -6.50. The largest absolute Gasteiger partial charge is 2.00 e. The predicted octanol–water partition coefficient (Wildman–Crippen LogP) is 2.82. The van der Waals surface area contributed by atoms with E-state index in [9.17, 15) is 35.8 Å². The molecule has 0 aliphatic rings. The third-order valence-corrected chi connectivity index (χ3v) is 2.64. The minimum Gasteiger partial charge on any atom is -1.00 e. The molecule has 2 N–H and O–H groups in total. The third-order valence-electron chi connectivity index (χ3n) is 2.64. The summed E-state index contributed by atoms with van der Waals surface area (Å²) in [6.45, 7) is 4.05. The topological polar surface area (TPSA) is 40.5 Å². The maximum absolute atomic E-state index is 13.0. The van der Waals surface area contributed by atoms with E-state index in [1.54, 1.807) is 0 Å². The average Bonchev–Trinajstić information content (AvgIpc) is 2.13. The molecule has 2 atom stereocenters. The van der Waals surface area contributed by atoms with E-state index in [0.717, 1.165) is 0 Å². The van der Waals surface area contributed by atoms with Gasteiger partial charge in [-0.3, -0.25) is 0 Å². The predicted molar refractivity (Wildman–Crippen MR) is 60.0 cm³/mol. The molecular weight excluding hydrogens is 373 g/mol. The van der Waals surface area contributed by atoms with E-state index in [0.29, 0.717) is 0 Å². The van der Waals surface area contributed by atoms with Crippen LogP contribution in [0.2, 0.25) is 0 Å². The molecule has 0 spiro atoms. The summed E-state index contributed by atoms with van der Waals surface area (Å²) in [6.07, 6.45) is -12.8. The summed E-state index contributed by atoms with van der Waals surface area (Å²) in [5.74, 6) is -12.1. The smallest absolute Gasteiger partial charge is 1.00 e. The zero-order chi connectivity index (χ0) is 15.9. The van der Waals surface area contributed by atoms with Gasteiger partial charge in [0.05, 0.1) is 6.10 Å². The molecule has 0 aromatic carbocycles. The van der Waals surface area contributed by atoms with Crippen LogP contribution in [0, 0.1) is 5.41 Å². The van der Waals surface area contributed by atoms with Gasteiger partial charge in [0.25, 0.3) is 0 Å². The second-order valence-corrected chi connectivity index (χ2v) is 5.33. The standard InChI is InChI=1S/C10H15F7O2.Sr.2H/c1-7(2,3)5(18)4-6(19)8(11,12)9(13,14)10(15,16)17;;;/h5-6,18-19H,4H2,1-3H3;;;/q;+2;2*-1. The number of aliphatic hydroxyl groups excluding tert-OH is 2. The van der Waals surface area contributed by atoms with Gasteiger partial charge in [0.1, 0.15) is 6.10 Å². The molecule has 0 rings (SSSR count). The summed E-state index contributed by atoms with van der Waals surface area (Å²) in [5, 5.41) is 18.3. The molecule has 0 heterocycles. The number of hydrogen-bond acceptors (Lipinski definition) is 2. The Labute approximate surface area is 151 Å². The van der Waals surface area contributed by atoms with Crippen LogP contribution in [0.4, 0.5) is 30.7 Å². The van der Waals surface area contributed by atoms with Crippen LogP contribution in [0.3, 0.4) is 0 Å². The van der Waals surface area contributed by atoms with Crippen LogP contribution in [0.5, 0.6) is 0 Å². The van der Waals surface area contributed by atoms with Crippen LogP contribution >= 0.6 is 0 Å². The van der Waals surface area contributed by atoms with Crippen molar-refractivity contribution >= 4 is 45.5 Å². The minimum absolute atomic E-state index is 0. The Bertz CT molecular complexity index is 321. The van der Waals surface area contributed by atoms with Crippen molar-refractivity contribution < 1.29 is 43.8 Å². The van der Waals surface area contributed by atoms with Crippen LogP contribution in [0.25, 0.3) is 0 Å². The quantitative estimate of drug-likeness (QED) is 0.573. The molecule has 0 fully saturated rings. The van der Waals surface area contributed by atoms with Gasteiger partial charge in [-0.25, -0.2) is 0 Å². The summed E-state index contributed by atoms with van der Waals surface area (Å²) >= 11 is 0. The molecule has 0 bridgehead atoms. The molecule has 0 aromatic heterocycles. The fourth-order valence-electron chi connectivity index (χ4n) is 1.11. The number of alkyl halides is 7. The van der Waals surface area contributed by atoms with Crippen LogP contribution < -0.4 is 0 Å². The molecule has 0 saturated heterocycles. The Balaban J connectivity index is -0.000000540. The molecule has 10 heteroatoms.